The van der Waals surface area contributed by atoms with Gasteiger partial charge in [0.15, 0.2) is 5.82 Å². The number of halogens is 3. The van der Waals surface area contributed by atoms with Gasteiger partial charge in [-0.05, 0) is 44.5 Å². The fourth-order valence-electron chi connectivity index (χ4n) is 3.04. The Kier molecular flexibility index (Phi) is 6.06. The maximum atomic E-state index is 12.1. The van der Waals surface area contributed by atoms with Crippen LogP contribution < -0.4 is 5.32 Å². The van der Waals surface area contributed by atoms with Crippen molar-refractivity contribution in [2.45, 2.75) is 45.3 Å². The van der Waals surface area contributed by atoms with Crippen molar-refractivity contribution in [2.75, 3.05) is 5.32 Å². The number of benzene rings is 1. The maximum absolute atomic E-state index is 12.1. The number of hydrogen-bond donors (Lipinski definition) is 2. The first-order valence-electron chi connectivity index (χ1n) is 9.46. The van der Waals surface area contributed by atoms with Crippen LogP contribution in [-0.4, -0.2) is 42.9 Å². The van der Waals surface area contributed by atoms with E-state index in [2.05, 4.69) is 20.4 Å². The fraction of sp³-hybridized carbons (Fsp3) is 0.350. The zero-order chi connectivity index (χ0) is 23.7. The summed E-state index contributed by atoms with van der Waals surface area (Å²) >= 11 is 0. The van der Waals surface area contributed by atoms with Crippen LogP contribution in [0.4, 0.5) is 18.9 Å². The number of rotatable bonds is 4. The van der Waals surface area contributed by atoms with Gasteiger partial charge in [-0.15, -0.1) is 0 Å². The highest BCUT2D eigenvalue weighted by atomic mass is 19.4. The third-order valence-electron chi connectivity index (χ3n) is 4.97. The number of carbonyl (C=O) groups is 2. The van der Waals surface area contributed by atoms with Crippen molar-refractivity contribution in [3.8, 4) is 11.5 Å². The Morgan fingerprint density at radius 1 is 1.31 bits per heavy atom. The summed E-state index contributed by atoms with van der Waals surface area (Å²) in [5.41, 5.74) is 2.05. The first-order valence-corrected chi connectivity index (χ1v) is 9.46. The molecule has 4 rings (SSSR count). The van der Waals surface area contributed by atoms with E-state index >= 15 is 0 Å². The number of aromatic nitrogens is 4. The average molecular weight is 451 g/mol. The molecule has 0 spiro atoms. The molecule has 0 fully saturated rings. The molecule has 2 aromatic heterocycles. The Morgan fingerprint density at radius 2 is 2.00 bits per heavy atom. The minimum absolute atomic E-state index is 0.00145. The first-order chi connectivity index (χ1) is 14.9. The molecule has 0 radical (unpaired) electrons. The number of imidazole rings is 1. The monoisotopic (exact) mass is 451 g/mol. The molecule has 0 bridgehead atoms. The van der Waals surface area contributed by atoms with Gasteiger partial charge < -0.3 is 19.5 Å². The lowest BCUT2D eigenvalue weighted by molar-refractivity contribution is -0.192. The molecule has 3 aromatic rings. The molecule has 12 heteroatoms. The van der Waals surface area contributed by atoms with Gasteiger partial charge in [-0.3, -0.25) is 4.79 Å². The highest BCUT2D eigenvalue weighted by Crippen LogP contribution is 2.39. The largest absolute Gasteiger partial charge is 0.490 e. The first kappa shape index (κ1) is 23.0. The van der Waals surface area contributed by atoms with E-state index in [1.165, 1.54) is 0 Å². The number of alkyl halides is 3. The summed E-state index contributed by atoms with van der Waals surface area (Å²) in [6, 6.07) is 5.72. The van der Waals surface area contributed by atoms with E-state index in [1.807, 2.05) is 49.7 Å². The summed E-state index contributed by atoms with van der Waals surface area (Å²) in [6.07, 6.45) is -0.710. The fourth-order valence-corrected chi connectivity index (χ4v) is 3.04. The Bertz CT molecular complexity index is 1150. The van der Waals surface area contributed by atoms with Crippen molar-refractivity contribution in [2.24, 2.45) is 0 Å². The number of aryl methyl sites for hydroxylation is 3. The molecule has 9 nitrogen and oxygen atoms in total. The third-order valence-corrected chi connectivity index (χ3v) is 4.97. The number of anilines is 1. The lowest BCUT2D eigenvalue weighted by atomic mass is 9.85. The number of carbonyl (C=O) groups excluding carboxylic acids is 1. The molecule has 1 aliphatic rings. The van der Waals surface area contributed by atoms with E-state index in [-0.39, 0.29) is 5.91 Å². The predicted octanol–water partition coefficient (Wildman–Crippen LogP) is 3.35. The highest BCUT2D eigenvalue weighted by molar-refractivity contribution is 6.06. The Hall–Kier alpha value is -3.70. The Morgan fingerprint density at radius 3 is 2.59 bits per heavy atom. The van der Waals surface area contributed by atoms with Crippen LogP contribution in [0.1, 0.15) is 31.1 Å². The molecule has 0 saturated carbocycles. The smallest absolute Gasteiger partial charge is 0.475 e. The van der Waals surface area contributed by atoms with Crippen LogP contribution in [0.15, 0.2) is 35.1 Å². The van der Waals surface area contributed by atoms with Gasteiger partial charge in [-0.2, -0.15) is 18.2 Å². The number of aliphatic carboxylic acids is 1. The summed E-state index contributed by atoms with van der Waals surface area (Å²) < 4.78 is 39.2. The van der Waals surface area contributed by atoms with Crippen molar-refractivity contribution < 1.29 is 32.4 Å². The average Bonchev–Trinajstić information content (AvgIpc) is 3.39. The zero-order valence-electron chi connectivity index (χ0n) is 17.4. The van der Waals surface area contributed by atoms with E-state index in [4.69, 9.17) is 14.4 Å². The normalized spacial score (nSPS) is 14.4. The van der Waals surface area contributed by atoms with E-state index in [1.54, 1.807) is 6.20 Å². The molecule has 0 atom stereocenters. The van der Waals surface area contributed by atoms with Gasteiger partial charge in [-0.25, -0.2) is 9.78 Å². The lowest BCUT2D eigenvalue weighted by Gasteiger charge is -2.15. The van der Waals surface area contributed by atoms with Gasteiger partial charge >= 0.3 is 12.1 Å². The molecule has 3 heterocycles. The summed E-state index contributed by atoms with van der Waals surface area (Å²) in [4.78, 5) is 29.6. The van der Waals surface area contributed by atoms with Crippen molar-refractivity contribution >= 4 is 17.6 Å². The second-order valence-electron chi connectivity index (χ2n) is 7.58. The van der Waals surface area contributed by atoms with Crippen molar-refractivity contribution in [1.82, 2.24) is 19.7 Å². The van der Waals surface area contributed by atoms with E-state index in [0.29, 0.717) is 18.1 Å². The van der Waals surface area contributed by atoms with E-state index in [0.717, 1.165) is 29.2 Å². The lowest BCUT2D eigenvalue weighted by Crippen LogP contribution is -2.26. The quantitative estimate of drug-likeness (QED) is 0.624. The zero-order valence-corrected chi connectivity index (χ0v) is 17.4. The predicted molar refractivity (Wildman–Crippen MR) is 106 cm³/mol. The van der Waals surface area contributed by atoms with Gasteiger partial charge in [0.25, 0.3) is 5.89 Å². The van der Waals surface area contributed by atoms with Gasteiger partial charge in [0.2, 0.25) is 5.91 Å². The molecule has 0 unspecified atom stereocenters. The molecular weight excluding hydrogens is 431 g/mol. The van der Waals surface area contributed by atoms with Crippen molar-refractivity contribution in [3.05, 3.63) is 47.8 Å². The molecule has 2 N–H and O–H groups in total. The van der Waals surface area contributed by atoms with Gasteiger partial charge in [0.1, 0.15) is 5.82 Å². The second-order valence-corrected chi connectivity index (χ2v) is 7.58. The van der Waals surface area contributed by atoms with Crippen molar-refractivity contribution in [1.29, 1.82) is 0 Å². The van der Waals surface area contributed by atoms with E-state index in [9.17, 15) is 18.0 Å². The molecular formula is C20H20F3N5O4. The number of carboxylic acid groups (broad SMARTS) is 1. The second kappa shape index (κ2) is 8.44. The van der Waals surface area contributed by atoms with Crippen LogP contribution in [0.3, 0.4) is 0 Å². The number of amides is 1. The molecule has 170 valence electrons. The summed E-state index contributed by atoms with van der Waals surface area (Å²) in [5, 5.41) is 14.1. The van der Waals surface area contributed by atoms with Gasteiger partial charge in [0, 0.05) is 36.6 Å². The standard InChI is InChI=1S/C18H19N5O2.C2HF3O2/c1-11-19-7-9-23(11)8-6-15-21-16(25-22-15)12-4-5-14-13(10-12)18(2,3)17(24)20-14;3-2(4,5)1(6)7/h4-5,7,9-10H,6,8H2,1-3H3,(H,20,24);(H,6,7). The number of fused-ring (bicyclic) bond motifs is 1. The number of nitrogens with one attached hydrogen (secondary N) is 1. The number of carboxylic acids is 1. The Labute approximate surface area is 180 Å². The van der Waals surface area contributed by atoms with Crippen LogP contribution in [0.5, 0.6) is 0 Å². The topological polar surface area (TPSA) is 123 Å². The van der Waals surface area contributed by atoms with Crippen LogP contribution >= 0.6 is 0 Å². The minimum Gasteiger partial charge on any atom is -0.475 e. The molecule has 0 saturated heterocycles. The maximum Gasteiger partial charge on any atom is 0.490 e. The summed E-state index contributed by atoms with van der Waals surface area (Å²) in [6.45, 7) is 6.53. The summed E-state index contributed by atoms with van der Waals surface area (Å²) in [7, 11) is 0. The number of hydrogen-bond acceptors (Lipinski definition) is 6. The van der Waals surface area contributed by atoms with Crippen LogP contribution in [-0.2, 0) is 28.0 Å². The molecule has 32 heavy (non-hydrogen) atoms. The Balaban J connectivity index is 0.000000360. The van der Waals surface area contributed by atoms with Crippen molar-refractivity contribution in [3.63, 3.8) is 0 Å². The summed E-state index contributed by atoms with van der Waals surface area (Å²) in [5.74, 6) is -0.678. The molecule has 0 aliphatic carbocycles. The van der Waals surface area contributed by atoms with E-state index < -0.39 is 17.6 Å². The van der Waals surface area contributed by atoms with Crippen LogP contribution in [0, 0.1) is 6.92 Å². The SMILES string of the molecule is Cc1nccn1CCc1noc(-c2ccc3c(c2)C(C)(C)C(=O)N3)n1.O=C(O)C(F)(F)F. The van der Waals surface area contributed by atoms with Gasteiger partial charge in [-0.1, -0.05) is 5.16 Å². The molecule has 1 aliphatic heterocycles. The number of nitrogens with zero attached hydrogens (tertiary/aromatic N) is 4. The van der Waals surface area contributed by atoms with Crippen LogP contribution in [0.2, 0.25) is 0 Å². The minimum atomic E-state index is -5.08. The highest BCUT2D eigenvalue weighted by Gasteiger charge is 2.39. The van der Waals surface area contributed by atoms with Gasteiger partial charge in [0.05, 0.1) is 5.41 Å². The third kappa shape index (κ3) is 4.79. The van der Waals surface area contributed by atoms with Crippen LogP contribution in [0.25, 0.3) is 11.5 Å². The molecule has 1 amide bonds. The molecule has 1 aromatic carbocycles.